The lowest BCUT2D eigenvalue weighted by atomic mass is 9.93. The molecular weight excluding hydrogens is 318 g/mol. The average molecular weight is 337 g/mol. The van der Waals surface area contributed by atoms with Crippen LogP contribution in [0.15, 0.2) is 22.1 Å². The molecule has 124 valence electrons. The van der Waals surface area contributed by atoms with Crippen LogP contribution >= 0.6 is 0 Å². The van der Waals surface area contributed by atoms with Gasteiger partial charge in [0.05, 0.1) is 5.69 Å². The van der Waals surface area contributed by atoms with Crippen LogP contribution in [0.25, 0.3) is 0 Å². The van der Waals surface area contributed by atoms with E-state index in [1.165, 1.54) is 16.9 Å². The molecule has 0 saturated carbocycles. The van der Waals surface area contributed by atoms with Gasteiger partial charge in [-0.3, -0.25) is 4.79 Å². The summed E-state index contributed by atoms with van der Waals surface area (Å²) >= 11 is 0. The summed E-state index contributed by atoms with van der Waals surface area (Å²) in [4.78, 5) is 15.8. The molecule has 1 N–H and O–H groups in total. The number of rotatable bonds is 3. The zero-order valence-electron chi connectivity index (χ0n) is 13.3. The van der Waals surface area contributed by atoms with Crippen molar-refractivity contribution in [3.63, 3.8) is 0 Å². The van der Waals surface area contributed by atoms with Gasteiger partial charge in [-0.15, -0.1) is 0 Å². The molecule has 1 aliphatic carbocycles. The van der Waals surface area contributed by atoms with Gasteiger partial charge in [0, 0.05) is 32.4 Å². The van der Waals surface area contributed by atoms with Gasteiger partial charge in [0.2, 0.25) is 0 Å². The van der Waals surface area contributed by atoms with Crippen molar-refractivity contribution < 1.29 is 8.42 Å². The summed E-state index contributed by atoms with van der Waals surface area (Å²) in [6.07, 6.45) is 3.23. The maximum absolute atomic E-state index is 12.4. The van der Waals surface area contributed by atoms with Gasteiger partial charge < -0.3 is 4.57 Å². The van der Waals surface area contributed by atoms with Crippen molar-refractivity contribution in [2.24, 2.45) is 14.1 Å². The van der Waals surface area contributed by atoms with E-state index in [0.29, 0.717) is 25.1 Å². The minimum atomic E-state index is -3.67. The molecule has 0 radical (unpaired) electrons. The second-order valence-electron chi connectivity index (χ2n) is 5.88. The van der Waals surface area contributed by atoms with Crippen LogP contribution in [-0.4, -0.2) is 33.8 Å². The average Bonchev–Trinajstić information content (AvgIpc) is 2.81. The Kier molecular flexibility index (Phi) is 3.85. The van der Waals surface area contributed by atoms with E-state index in [0.717, 1.165) is 11.3 Å². The Morgan fingerprint density at radius 3 is 2.74 bits per heavy atom. The summed E-state index contributed by atoms with van der Waals surface area (Å²) in [5, 5.41) is 4.25. The lowest BCUT2D eigenvalue weighted by Gasteiger charge is -2.24. The lowest BCUT2D eigenvalue weighted by molar-refractivity contribution is 0.491. The number of nitrogens with one attached hydrogen (secondary N) is 1. The molecular formula is C14H19N5O3S. The maximum Gasteiger partial charge on any atom is 0.266 e. The third-order valence-electron chi connectivity index (χ3n) is 4.14. The molecule has 2 aromatic rings. The maximum atomic E-state index is 12.4. The van der Waals surface area contributed by atoms with Crippen LogP contribution in [0, 0.1) is 6.92 Å². The Labute approximate surface area is 134 Å². The van der Waals surface area contributed by atoms with Gasteiger partial charge in [-0.2, -0.15) is 5.10 Å². The summed E-state index contributed by atoms with van der Waals surface area (Å²) < 4.78 is 30.5. The third kappa shape index (κ3) is 3.06. The number of fused-ring (bicyclic) bond motifs is 1. The first-order valence-corrected chi connectivity index (χ1v) is 8.83. The predicted octanol–water partition coefficient (Wildman–Crippen LogP) is -0.342. The van der Waals surface area contributed by atoms with Crippen molar-refractivity contribution in [1.29, 1.82) is 0 Å². The molecule has 0 amide bonds. The minimum absolute atomic E-state index is 0.0189. The lowest BCUT2D eigenvalue weighted by Crippen LogP contribution is -2.40. The zero-order valence-corrected chi connectivity index (χ0v) is 14.1. The fraction of sp³-hybridized carbons (Fsp3) is 0.500. The van der Waals surface area contributed by atoms with E-state index >= 15 is 0 Å². The van der Waals surface area contributed by atoms with Crippen LogP contribution in [0.2, 0.25) is 0 Å². The highest BCUT2D eigenvalue weighted by atomic mass is 32.2. The molecule has 0 fully saturated rings. The molecule has 2 aromatic heterocycles. The number of aromatic nitrogens is 4. The van der Waals surface area contributed by atoms with E-state index in [9.17, 15) is 13.2 Å². The summed E-state index contributed by atoms with van der Waals surface area (Å²) in [6, 6.07) is 1.27. The Bertz CT molecular complexity index is 893. The van der Waals surface area contributed by atoms with Crippen molar-refractivity contribution in [1.82, 2.24) is 24.1 Å². The van der Waals surface area contributed by atoms with Crippen LogP contribution in [0.4, 0.5) is 0 Å². The molecule has 1 aliphatic rings. The summed E-state index contributed by atoms with van der Waals surface area (Å²) in [6.45, 7) is 1.75. The summed E-state index contributed by atoms with van der Waals surface area (Å²) in [5.74, 6) is 0.632. The first-order valence-electron chi connectivity index (χ1n) is 7.34. The molecule has 9 heteroatoms. The fourth-order valence-electron chi connectivity index (χ4n) is 2.72. The Balaban J connectivity index is 1.81. The van der Waals surface area contributed by atoms with E-state index in [2.05, 4.69) is 14.8 Å². The summed E-state index contributed by atoms with van der Waals surface area (Å²) in [7, 11) is -0.307. The molecule has 0 bridgehead atoms. The van der Waals surface area contributed by atoms with Crippen molar-refractivity contribution >= 4 is 10.0 Å². The van der Waals surface area contributed by atoms with Crippen LogP contribution < -0.4 is 10.3 Å². The second-order valence-corrected chi connectivity index (χ2v) is 7.54. The van der Waals surface area contributed by atoms with Gasteiger partial charge in [-0.1, -0.05) is 0 Å². The molecule has 0 saturated heterocycles. The normalized spacial score (nSPS) is 18.0. The molecule has 1 atom stereocenters. The van der Waals surface area contributed by atoms with Gasteiger partial charge in [0.15, 0.2) is 5.03 Å². The fourth-order valence-corrected chi connectivity index (χ4v) is 4.03. The van der Waals surface area contributed by atoms with Gasteiger partial charge in [-0.05, 0) is 31.7 Å². The molecule has 0 aliphatic heterocycles. The Morgan fingerprint density at radius 2 is 2.09 bits per heavy atom. The van der Waals surface area contributed by atoms with E-state index in [4.69, 9.17) is 0 Å². The van der Waals surface area contributed by atoms with Crippen LogP contribution in [0.3, 0.4) is 0 Å². The van der Waals surface area contributed by atoms with E-state index in [-0.39, 0.29) is 16.6 Å². The molecule has 23 heavy (non-hydrogen) atoms. The highest BCUT2D eigenvalue weighted by molar-refractivity contribution is 7.89. The first-order chi connectivity index (χ1) is 10.8. The first kappa shape index (κ1) is 15.9. The number of imidazole rings is 1. The van der Waals surface area contributed by atoms with Gasteiger partial charge in [0.25, 0.3) is 15.6 Å². The summed E-state index contributed by atoms with van der Waals surface area (Å²) in [5.41, 5.74) is 1.48. The second kappa shape index (κ2) is 5.57. The predicted molar refractivity (Wildman–Crippen MR) is 83.6 cm³/mol. The number of hydrogen-bond donors (Lipinski definition) is 1. The van der Waals surface area contributed by atoms with E-state index in [1.807, 2.05) is 0 Å². The number of aryl methyl sites for hydroxylation is 4. The molecule has 0 aromatic carbocycles. The Morgan fingerprint density at radius 1 is 1.35 bits per heavy atom. The number of nitrogens with zero attached hydrogens (tertiary/aromatic N) is 4. The molecule has 3 rings (SSSR count). The monoisotopic (exact) mass is 337 g/mol. The standard InChI is InChI=1S/C14H19N5O3S/c1-9-15-13(8-18(9)2)23(21,22)17-11-4-5-12-10(6-11)7-14(20)19(3)16-12/h7-8,11,17H,4-6H2,1-3H3. The van der Waals surface area contributed by atoms with Crippen molar-refractivity contribution in [3.05, 3.63) is 39.7 Å². The van der Waals surface area contributed by atoms with Crippen LogP contribution in [0.5, 0.6) is 0 Å². The Hall–Kier alpha value is -2.00. The van der Waals surface area contributed by atoms with Crippen molar-refractivity contribution in [2.45, 2.75) is 37.3 Å². The molecule has 2 heterocycles. The SMILES string of the molecule is Cc1nc(S(=O)(=O)NC2CCc3nn(C)c(=O)cc3C2)cn1C. The molecule has 0 spiro atoms. The smallest absolute Gasteiger partial charge is 0.266 e. The quantitative estimate of drug-likeness (QED) is 0.826. The van der Waals surface area contributed by atoms with Crippen molar-refractivity contribution in [2.75, 3.05) is 0 Å². The largest absolute Gasteiger partial charge is 0.337 e. The van der Waals surface area contributed by atoms with Crippen LogP contribution in [0.1, 0.15) is 23.5 Å². The topological polar surface area (TPSA) is 98.9 Å². The highest BCUT2D eigenvalue weighted by Crippen LogP contribution is 2.19. The van der Waals surface area contributed by atoms with Gasteiger partial charge in [-0.25, -0.2) is 22.8 Å². The van der Waals surface area contributed by atoms with Crippen molar-refractivity contribution in [3.8, 4) is 0 Å². The molecule has 1 unspecified atom stereocenters. The van der Waals surface area contributed by atoms with Gasteiger partial charge >= 0.3 is 0 Å². The van der Waals surface area contributed by atoms with Gasteiger partial charge in [0.1, 0.15) is 5.82 Å². The van der Waals surface area contributed by atoms with E-state index in [1.54, 1.807) is 25.6 Å². The number of sulfonamides is 1. The number of hydrogen-bond acceptors (Lipinski definition) is 5. The third-order valence-corrected chi connectivity index (χ3v) is 5.53. The van der Waals surface area contributed by atoms with E-state index < -0.39 is 10.0 Å². The molecule has 8 nitrogen and oxygen atoms in total. The van der Waals surface area contributed by atoms with Crippen LogP contribution in [-0.2, 0) is 37.0 Å². The minimum Gasteiger partial charge on any atom is -0.337 e. The highest BCUT2D eigenvalue weighted by Gasteiger charge is 2.27. The zero-order chi connectivity index (χ0) is 16.8.